The quantitative estimate of drug-likeness (QED) is 0.883. The summed E-state index contributed by atoms with van der Waals surface area (Å²) in [6, 6.07) is 5.96. The minimum Gasteiger partial charge on any atom is -0.272 e. The van der Waals surface area contributed by atoms with Crippen LogP contribution >= 0.6 is 23.7 Å². The highest BCUT2D eigenvalue weighted by molar-refractivity contribution is 7.96. The van der Waals surface area contributed by atoms with Crippen LogP contribution in [0.25, 0.3) is 10.1 Å². The standard InChI is InChI=1S/C14H17N3O2S2/c1-8(2)10-5-4-6-11-13(10)14(19)17(20-11)9(3)16-12(18)7-15-21-16/h4-6,8-9,15H,7H2,1-3H3. The summed E-state index contributed by atoms with van der Waals surface area (Å²) in [5.74, 6) is 0.296. The second-order valence-electron chi connectivity index (χ2n) is 5.36. The third-order valence-electron chi connectivity index (χ3n) is 3.60. The summed E-state index contributed by atoms with van der Waals surface area (Å²) in [7, 11) is 0. The van der Waals surface area contributed by atoms with E-state index >= 15 is 0 Å². The fraction of sp³-hybridized carbons (Fsp3) is 0.429. The molecule has 1 amide bonds. The Morgan fingerprint density at radius 2 is 2.00 bits per heavy atom. The lowest BCUT2D eigenvalue weighted by Crippen LogP contribution is -2.31. The van der Waals surface area contributed by atoms with Crippen LogP contribution < -0.4 is 10.3 Å². The highest BCUT2D eigenvalue weighted by Crippen LogP contribution is 2.30. The monoisotopic (exact) mass is 323 g/mol. The van der Waals surface area contributed by atoms with E-state index in [0.717, 1.165) is 15.6 Å². The van der Waals surface area contributed by atoms with Gasteiger partial charge in [0.25, 0.3) is 5.56 Å². The molecule has 1 aliphatic heterocycles. The van der Waals surface area contributed by atoms with Crippen LogP contribution in [0.3, 0.4) is 0 Å². The molecule has 7 heteroatoms. The third-order valence-corrected chi connectivity index (χ3v) is 5.79. The van der Waals surface area contributed by atoms with Gasteiger partial charge in [0.2, 0.25) is 5.91 Å². The minimum absolute atomic E-state index is 0.000870. The van der Waals surface area contributed by atoms with Gasteiger partial charge in [-0.25, -0.2) is 13.0 Å². The normalized spacial score (nSPS) is 17.1. The molecule has 3 rings (SSSR count). The van der Waals surface area contributed by atoms with Gasteiger partial charge >= 0.3 is 0 Å². The van der Waals surface area contributed by atoms with Crippen molar-refractivity contribution >= 4 is 39.7 Å². The van der Waals surface area contributed by atoms with Crippen LogP contribution in [0.1, 0.15) is 38.4 Å². The second-order valence-corrected chi connectivity index (χ2v) is 7.24. The first-order chi connectivity index (χ1) is 10.0. The van der Waals surface area contributed by atoms with Gasteiger partial charge in [-0.1, -0.05) is 37.5 Å². The van der Waals surface area contributed by atoms with Crippen molar-refractivity contribution in [3.8, 4) is 0 Å². The van der Waals surface area contributed by atoms with Gasteiger partial charge in [0, 0.05) is 12.1 Å². The van der Waals surface area contributed by atoms with Crippen molar-refractivity contribution in [1.82, 2.24) is 13.0 Å². The van der Waals surface area contributed by atoms with E-state index in [2.05, 4.69) is 18.6 Å². The number of fused-ring (bicyclic) bond motifs is 1. The van der Waals surface area contributed by atoms with Gasteiger partial charge in [-0.3, -0.25) is 9.59 Å². The van der Waals surface area contributed by atoms with Crippen molar-refractivity contribution in [3.63, 3.8) is 0 Å². The SMILES string of the molecule is CC(C)c1cccc2sn(C(C)N3SNCC3=O)c(=O)c12. The lowest BCUT2D eigenvalue weighted by molar-refractivity contribution is -0.125. The van der Waals surface area contributed by atoms with Crippen LogP contribution in [-0.2, 0) is 4.79 Å². The molecule has 0 bridgehead atoms. The Morgan fingerprint density at radius 3 is 2.62 bits per heavy atom. The molecule has 112 valence electrons. The number of nitrogens with zero attached hydrogens (tertiary/aromatic N) is 2. The van der Waals surface area contributed by atoms with Gasteiger partial charge in [-0.2, -0.15) is 0 Å². The Morgan fingerprint density at radius 1 is 1.24 bits per heavy atom. The zero-order valence-corrected chi connectivity index (χ0v) is 13.8. The van der Waals surface area contributed by atoms with Crippen molar-refractivity contribution in [2.24, 2.45) is 0 Å². The minimum atomic E-state index is -0.289. The average molecular weight is 323 g/mol. The number of rotatable bonds is 3. The highest BCUT2D eigenvalue weighted by atomic mass is 32.2. The molecule has 21 heavy (non-hydrogen) atoms. The summed E-state index contributed by atoms with van der Waals surface area (Å²) in [4.78, 5) is 24.6. The fourth-order valence-electron chi connectivity index (χ4n) is 2.51. The van der Waals surface area contributed by atoms with Crippen molar-refractivity contribution in [1.29, 1.82) is 0 Å². The highest BCUT2D eigenvalue weighted by Gasteiger charge is 2.29. The Bertz CT molecular complexity index is 750. The maximum atomic E-state index is 12.8. The van der Waals surface area contributed by atoms with E-state index in [1.807, 2.05) is 25.1 Å². The molecule has 0 saturated carbocycles. The molecule has 1 aromatic carbocycles. The molecule has 1 N–H and O–H groups in total. The van der Waals surface area contributed by atoms with Crippen LogP contribution in [0.2, 0.25) is 0 Å². The average Bonchev–Trinajstić information content (AvgIpc) is 3.02. The molecule has 0 spiro atoms. The summed E-state index contributed by atoms with van der Waals surface area (Å²) >= 11 is 2.68. The van der Waals surface area contributed by atoms with Crippen LogP contribution in [0.5, 0.6) is 0 Å². The summed E-state index contributed by atoms with van der Waals surface area (Å²) in [5, 5.41) is 0.786. The number of amides is 1. The van der Waals surface area contributed by atoms with Crippen LogP contribution in [0, 0.1) is 0 Å². The van der Waals surface area contributed by atoms with Crippen LogP contribution in [-0.4, -0.2) is 20.7 Å². The Balaban J connectivity index is 2.12. The number of benzene rings is 1. The molecule has 1 fully saturated rings. The maximum absolute atomic E-state index is 12.8. The van der Waals surface area contributed by atoms with Gasteiger partial charge in [-0.05, 0) is 24.5 Å². The Hall–Kier alpha value is -1.31. The summed E-state index contributed by atoms with van der Waals surface area (Å²) in [6.07, 6.45) is -0.289. The Kier molecular flexibility index (Phi) is 3.81. The molecule has 1 atom stereocenters. The predicted molar refractivity (Wildman–Crippen MR) is 87.3 cm³/mol. The first-order valence-corrected chi connectivity index (χ1v) is 8.41. The van der Waals surface area contributed by atoms with Crippen molar-refractivity contribution in [2.45, 2.75) is 32.9 Å². The lowest BCUT2D eigenvalue weighted by atomic mass is 10.0. The molecule has 1 aromatic heterocycles. The number of hydrogen-bond acceptors (Lipinski definition) is 5. The van der Waals surface area contributed by atoms with E-state index < -0.39 is 0 Å². The van der Waals surface area contributed by atoms with Gasteiger partial charge < -0.3 is 0 Å². The fourth-order valence-corrected chi connectivity index (χ4v) is 4.38. The largest absolute Gasteiger partial charge is 0.272 e. The molecule has 1 saturated heterocycles. The van der Waals surface area contributed by atoms with Crippen molar-refractivity contribution in [3.05, 3.63) is 34.1 Å². The second kappa shape index (κ2) is 5.47. The summed E-state index contributed by atoms with van der Waals surface area (Å²) in [5.41, 5.74) is 1.06. The summed E-state index contributed by atoms with van der Waals surface area (Å²) in [6.45, 7) is 6.36. The molecule has 2 heterocycles. The topological polar surface area (TPSA) is 54.3 Å². The lowest BCUT2D eigenvalue weighted by Gasteiger charge is -2.21. The zero-order chi connectivity index (χ0) is 15.1. The first kappa shape index (κ1) is 14.6. The molecule has 5 nitrogen and oxygen atoms in total. The van der Waals surface area contributed by atoms with E-state index in [-0.39, 0.29) is 17.6 Å². The number of aromatic nitrogens is 1. The molecule has 0 radical (unpaired) electrons. The van der Waals surface area contributed by atoms with Gasteiger partial charge in [0.15, 0.2) is 0 Å². The molecule has 0 aliphatic carbocycles. The smallest absolute Gasteiger partial charge is 0.270 e. The first-order valence-electron chi connectivity index (χ1n) is 6.87. The van der Waals surface area contributed by atoms with E-state index in [1.165, 1.54) is 23.7 Å². The number of carbonyl (C=O) groups excluding carboxylic acids is 1. The molecular weight excluding hydrogens is 306 g/mol. The Labute approximate surface area is 131 Å². The van der Waals surface area contributed by atoms with E-state index in [4.69, 9.17) is 0 Å². The van der Waals surface area contributed by atoms with Crippen LogP contribution in [0.4, 0.5) is 0 Å². The zero-order valence-electron chi connectivity index (χ0n) is 12.1. The third kappa shape index (κ3) is 2.39. The van der Waals surface area contributed by atoms with Gasteiger partial charge in [0.1, 0.15) is 6.17 Å². The maximum Gasteiger partial charge on any atom is 0.270 e. The molecular formula is C14H17N3O2S2. The molecule has 2 aromatic rings. The van der Waals surface area contributed by atoms with E-state index in [9.17, 15) is 9.59 Å². The van der Waals surface area contributed by atoms with Crippen molar-refractivity contribution in [2.75, 3.05) is 6.54 Å². The molecule has 1 unspecified atom stereocenters. The van der Waals surface area contributed by atoms with E-state index in [1.54, 1.807) is 8.26 Å². The van der Waals surface area contributed by atoms with Crippen molar-refractivity contribution < 1.29 is 4.79 Å². The number of carbonyl (C=O) groups is 1. The number of nitrogens with one attached hydrogen (secondary N) is 1. The van der Waals surface area contributed by atoms with Crippen LogP contribution in [0.15, 0.2) is 23.0 Å². The van der Waals surface area contributed by atoms with Gasteiger partial charge in [-0.15, -0.1) is 0 Å². The predicted octanol–water partition coefficient (Wildman–Crippen LogP) is 2.70. The summed E-state index contributed by atoms with van der Waals surface area (Å²) < 4.78 is 7.22. The molecule has 1 aliphatic rings. The van der Waals surface area contributed by atoms with Gasteiger partial charge in [0.05, 0.1) is 16.6 Å². The van der Waals surface area contributed by atoms with E-state index in [0.29, 0.717) is 12.5 Å². The number of hydrogen-bond donors (Lipinski definition) is 1.